The van der Waals surface area contributed by atoms with Gasteiger partial charge in [-0.2, -0.15) is 0 Å². The van der Waals surface area contributed by atoms with Crippen LogP contribution >= 0.6 is 0 Å². The molecular weight excluding hydrogens is 198 g/mol. The normalized spacial score (nSPS) is 10.8. The smallest absolute Gasteiger partial charge is 0.0562 e. The van der Waals surface area contributed by atoms with Crippen LogP contribution in [-0.2, 0) is 6.54 Å². The molecule has 0 aliphatic rings. The van der Waals surface area contributed by atoms with Gasteiger partial charge in [-0.15, -0.1) is 0 Å². The number of aromatic nitrogens is 1. The Morgan fingerprint density at radius 3 is 2.81 bits per heavy atom. The van der Waals surface area contributed by atoms with Crippen LogP contribution in [0.15, 0.2) is 18.3 Å². The molecule has 0 amide bonds. The van der Waals surface area contributed by atoms with Gasteiger partial charge < -0.3 is 10.2 Å². The van der Waals surface area contributed by atoms with E-state index in [2.05, 4.69) is 48.2 Å². The van der Waals surface area contributed by atoms with E-state index in [0.717, 1.165) is 24.7 Å². The average Bonchev–Trinajstić information content (AvgIpc) is 2.26. The quantitative estimate of drug-likeness (QED) is 0.799. The SMILES string of the molecule is CNCc1cc(N(C)CCC(C)C)ccn1. The first-order valence-electron chi connectivity index (χ1n) is 5.94. The molecule has 3 heteroatoms. The third kappa shape index (κ3) is 4.19. The lowest BCUT2D eigenvalue weighted by molar-refractivity contribution is 0.585. The van der Waals surface area contributed by atoms with Crippen molar-refractivity contribution in [3.05, 3.63) is 24.0 Å². The van der Waals surface area contributed by atoms with Crippen molar-refractivity contribution >= 4 is 5.69 Å². The van der Waals surface area contributed by atoms with Gasteiger partial charge in [0.25, 0.3) is 0 Å². The van der Waals surface area contributed by atoms with Crippen LogP contribution in [-0.4, -0.2) is 25.6 Å². The van der Waals surface area contributed by atoms with Crippen LogP contribution < -0.4 is 10.2 Å². The molecule has 0 radical (unpaired) electrons. The Morgan fingerprint density at radius 1 is 1.44 bits per heavy atom. The van der Waals surface area contributed by atoms with Gasteiger partial charge in [0.15, 0.2) is 0 Å². The Kier molecular flexibility index (Phi) is 5.26. The van der Waals surface area contributed by atoms with Crippen LogP contribution in [0.2, 0.25) is 0 Å². The number of hydrogen-bond donors (Lipinski definition) is 1. The summed E-state index contributed by atoms with van der Waals surface area (Å²) in [6.45, 7) is 6.44. The lowest BCUT2D eigenvalue weighted by atomic mass is 10.1. The largest absolute Gasteiger partial charge is 0.374 e. The molecule has 0 saturated carbocycles. The maximum atomic E-state index is 4.32. The lowest BCUT2D eigenvalue weighted by Gasteiger charge is -2.20. The minimum atomic E-state index is 0.751. The average molecular weight is 221 g/mol. The van der Waals surface area contributed by atoms with E-state index in [9.17, 15) is 0 Å². The van der Waals surface area contributed by atoms with Gasteiger partial charge in [0.1, 0.15) is 0 Å². The van der Waals surface area contributed by atoms with Crippen LogP contribution in [0.1, 0.15) is 26.0 Å². The van der Waals surface area contributed by atoms with E-state index in [0.29, 0.717) is 0 Å². The number of rotatable bonds is 6. The molecule has 1 N–H and O–H groups in total. The molecule has 0 unspecified atom stereocenters. The summed E-state index contributed by atoms with van der Waals surface area (Å²) < 4.78 is 0. The molecule has 90 valence electrons. The van der Waals surface area contributed by atoms with Crippen LogP contribution in [0.5, 0.6) is 0 Å². The minimum absolute atomic E-state index is 0.751. The van der Waals surface area contributed by atoms with Crippen molar-refractivity contribution in [2.75, 3.05) is 25.5 Å². The first-order chi connectivity index (χ1) is 7.63. The molecule has 3 nitrogen and oxygen atoms in total. The summed E-state index contributed by atoms with van der Waals surface area (Å²) >= 11 is 0. The number of pyridine rings is 1. The van der Waals surface area contributed by atoms with Gasteiger partial charge in [0, 0.05) is 32.0 Å². The maximum Gasteiger partial charge on any atom is 0.0562 e. The van der Waals surface area contributed by atoms with E-state index < -0.39 is 0 Å². The summed E-state index contributed by atoms with van der Waals surface area (Å²) in [7, 11) is 4.08. The number of anilines is 1. The molecule has 16 heavy (non-hydrogen) atoms. The predicted molar refractivity (Wildman–Crippen MR) is 69.7 cm³/mol. The summed E-state index contributed by atoms with van der Waals surface area (Å²) in [6.07, 6.45) is 3.11. The highest BCUT2D eigenvalue weighted by Crippen LogP contribution is 2.14. The number of nitrogens with zero attached hydrogens (tertiary/aromatic N) is 2. The van der Waals surface area contributed by atoms with Crippen LogP contribution in [0.3, 0.4) is 0 Å². The Hall–Kier alpha value is -1.09. The van der Waals surface area contributed by atoms with Crippen molar-refractivity contribution in [3.8, 4) is 0 Å². The summed E-state index contributed by atoms with van der Waals surface area (Å²) in [6, 6.07) is 4.22. The van der Waals surface area contributed by atoms with Gasteiger partial charge in [-0.1, -0.05) is 13.8 Å². The number of nitrogens with one attached hydrogen (secondary N) is 1. The molecular formula is C13H23N3. The van der Waals surface area contributed by atoms with Crippen molar-refractivity contribution in [1.82, 2.24) is 10.3 Å². The maximum absolute atomic E-state index is 4.32. The van der Waals surface area contributed by atoms with Gasteiger partial charge in [-0.3, -0.25) is 4.98 Å². The Morgan fingerprint density at radius 2 is 2.19 bits per heavy atom. The van der Waals surface area contributed by atoms with Gasteiger partial charge in [-0.25, -0.2) is 0 Å². The van der Waals surface area contributed by atoms with Crippen LogP contribution in [0.4, 0.5) is 5.69 Å². The Balaban J connectivity index is 2.60. The first kappa shape index (κ1) is 13.0. The van der Waals surface area contributed by atoms with Gasteiger partial charge in [0.05, 0.1) is 5.69 Å². The van der Waals surface area contributed by atoms with Crippen molar-refractivity contribution in [2.24, 2.45) is 5.92 Å². The highest BCUT2D eigenvalue weighted by molar-refractivity contribution is 5.45. The van der Waals surface area contributed by atoms with Crippen molar-refractivity contribution in [1.29, 1.82) is 0 Å². The third-order valence-electron chi connectivity index (χ3n) is 2.64. The topological polar surface area (TPSA) is 28.2 Å². The summed E-state index contributed by atoms with van der Waals surface area (Å²) in [5, 5.41) is 3.12. The second-order valence-electron chi connectivity index (χ2n) is 4.64. The molecule has 0 atom stereocenters. The monoisotopic (exact) mass is 221 g/mol. The van der Waals surface area contributed by atoms with E-state index >= 15 is 0 Å². The zero-order valence-corrected chi connectivity index (χ0v) is 10.8. The van der Waals surface area contributed by atoms with E-state index in [1.54, 1.807) is 0 Å². The third-order valence-corrected chi connectivity index (χ3v) is 2.64. The molecule has 1 aromatic rings. The molecule has 0 saturated heterocycles. The van der Waals surface area contributed by atoms with E-state index in [1.165, 1.54) is 12.1 Å². The second kappa shape index (κ2) is 6.48. The fourth-order valence-electron chi connectivity index (χ4n) is 1.56. The highest BCUT2D eigenvalue weighted by atomic mass is 15.1. The van der Waals surface area contributed by atoms with Crippen LogP contribution in [0.25, 0.3) is 0 Å². The van der Waals surface area contributed by atoms with E-state index in [-0.39, 0.29) is 0 Å². The van der Waals surface area contributed by atoms with Crippen molar-refractivity contribution in [2.45, 2.75) is 26.8 Å². The minimum Gasteiger partial charge on any atom is -0.374 e. The van der Waals surface area contributed by atoms with Crippen molar-refractivity contribution < 1.29 is 0 Å². The second-order valence-corrected chi connectivity index (χ2v) is 4.64. The zero-order valence-electron chi connectivity index (χ0n) is 10.8. The molecule has 1 heterocycles. The van der Waals surface area contributed by atoms with Crippen LogP contribution in [0, 0.1) is 5.92 Å². The standard InChI is InChI=1S/C13H23N3/c1-11(2)6-8-16(4)13-5-7-15-12(9-13)10-14-3/h5,7,9,11,14H,6,8,10H2,1-4H3. The number of hydrogen-bond acceptors (Lipinski definition) is 3. The summed E-state index contributed by atoms with van der Waals surface area (Å²) in [5.74, 6) is 0.751. The lowest BCUT2D eigenvalue weighted by Crippen LogP contribution is -2.20. The van der Waals surface area contributed by atoms with Gasteiger partial charge in [0.2, 0.25) is 0 Å². The van der Waals surface area contributed by atoms with Gasteiger partial charge in [-0.05, 0) is 31.5 Å². The Bertz CT molecular complexity index is 310. The summed E-state index contributed by atoms with van der Waals surface area (Å²) in [5.41, 5.74) is 2.34. The fourth-order valence-corrected chi connectivity index (χ4v) is 1.56. The molecule has 0 bridgehead atoms. The fraction of sp³-hybridized carbons (Fsp3) is 0.615. The molecule has 0 aliphatic carbocycles. The zero-order chi connectivity index (χ0) is 12.0. The van der Waals surface area contributed by atoms with Crippen molar-refractivity contribution in [3.63, 3.8) is 0 Å². The molecule has 0 aliphatic heterocycles. The van der Waals surface area contributed by atoms with E-state index in [1.807, 2.05) is 13.2 Å². The van der Waals surface area contributed by atoms with Gasteiger partial charge >= 0.3 is 0 Å². The summed E-state index contributed by atoms with van der Waals surface area (Å²) in [4.78, 5) is 6.61. The molecule has 0 fully saturated rings. The highest BCUT2D eigenvalue weighted by Gasteiger charge is 2.03. The molecule has 0 spiro atoms. The molecule has 1 aromatic heterocycles. The first-order valence-corrected chi connectivity index (χ1v) is 5.94. The molecule has 1 rings (SSSR count). The van der Waals surface area contributed by atoms with E-state index in [4.69, 9.17) is 0 Å². The molecule has 0 aromatic carbocycles. The predicted octanol–water partition coefficient (Wildman–Crippen LogP) is 2.28. The Labute approximate surface area is 98.9 Å².